The summed E-state index contributed by atoms with van der Waals surface area (Å²) in [6, 6.07) is 0.112. The first-order valence-corrected chi connectivity index (χ1v) is 6.05. The number of aliphatic hydroxyl groups is 1. The number of amides is 1. The van der Waals surface area contributed by atoms with Crippen LogP contribution in [0.25, 0.3) is 0 Å². The van der Waals surface area contributed by atoms with Crippen molar-refractivity contribution < 1.29 is 9.90 Å². The molecule has 0 aliphatic carbocycles. The Labute approximate surface area is 98.8 Å². The molecule has 0 spiro atoms. The van der Waals surface area contributed by atoms with Crippen molar-refractivity contribution >= 4 is 5.91 Å². The van der Waals surface area contributed by atoms with Crippen LogP contribution in [-0.2, 0) is 4.79 Å². The summed E-state index contributed by atoms with van der Waals surface area (Å²) >= 11 is 0. The molecule has 0 aromatic carbocycles. The largest absolute Gasteiger partial charge is 0.395 e. The highest BCUT2D eigenvalue weighted by Crippen LogP contribution is 2.15. The van der Waals surface area contributed by atoms with E-state index < -0.39 is 0 Å². The van der Waals surface area contributed by atoms with Gasteiger partial charge in [0.25, 0.3) is 0 Å². The molecule has 4 nitrogen and oxygen atoms in total. The normalized spacial score (nSPS) is 13.2. The fourth-order valence-electron chi connectivity index (χ4n) is 1.83. The van der Waals surface area contributed by atoms with Crippen molar-refractivity contribution in [1.82, 2.24) is 4.90 Å². The molecule has 0 rings (SSSR count). The van der Waals surface area contributed by atoms with Crippen molar-refractivity contribution in [3.63, 3.8) is 0 Å². The van der Waals surface area contributed by atoms with Crippen LogP contribution >= 0.6 is 0 Å². The van der Waals surface area contributed by atoms with Crippen LogP contribution in [0.15, 0.2) is 0 Å². The lowest BCUT2D eigenvalue weighted by Gasteiger charge is -2.30. The Hall–Kier alpha value is -0.610. The topological polar surface area (TPSA) is 66.6 Å². The molecule has 0 fully saturated rings. The summed E-state index contributed by atoms with van der Waals surface area (Å²) in [4.78, 5) is 13.9. The number of carbonyl (C=O) groups is 1. The monoisotopic (exact) mass is 230 g/mol. The molecule has 4 heteroatoms. The van der Waals surface area contributed by atoms with Gasteiger partial charge in [-0.05, 0) is 26.2 Å². The van der Waals surface area contributed by atoms with Gasteiger partial charge in [-0.3, -0.25) is 4.79 Å². The van der Waals surface area contributed by atoms with Crippen LogP contribution in [0.4, 0.5) is 0 Å². The second-order valence-electron chi connectivity index (χ2n) is 4.91. The quantitative estimate of drug-likeness (QED) is 0.681. The minimum atomic E-state index is -0.117. The van der Waals surface area contributed by atoms with Crippen LogP contribution in [0, 0.1) is 11.8 Å². The average molecular weight is 230 g/mol. The van der Waals surface area contributed by atoms with Crippen LogP contribution in [-0.4, -0.2) is 41.7 Å². The Morgan fingerprint density at radius 3 is 2.19 bits per heavy atom. The number of hydrogen-bond donors (Lipinski definition) is 2. The van der Waals surface area contributed by atoms with Gasteiger partial charge in [0, 0.05) is 19.1 Å². The van der Waals surface area contributed by atoms with Crippen molar-refractivity contribution in [3.05, 3.63) is 0 Å². The van der Waals surface area contributed by atoms with E-state index in [2.05, 4.69) is 13.8 Å². The minimum Gasteiger partial charge on any atom is -0.395 e. The van der Waals surface area contributed by atoms with E-state index in [1.165, 1.54) is 0 Å². The van der Waals surface area contributed by atoms with Gasteiger partial charge < -0.3 is 15.7 Å². The molecule has 0 heterocycles. The molecule has 1 unspecified atom stereocenters. The first-order chi connectivity index (χ1) is 7.43. The molecule has 0 aliphatic heterocycles. The Bertz CT molecular complexity index is 205. The van der Waals surface area contributed by atoms with E-state index in [-0.39, 0.29) is 24.5 Å². The highest BCUT2D eigenvalue weighted by molar-refractivity contribution is 5.79. The summed E-state index contributed by atoms with van der Waals surface area (Å²) < 4.78 is 0. The maximum Gasteiger partial charge on any atom is 0.227 e. The summed E-state index contributed by atoms with van der Waals surface area (Å²) in [5.74, 6) is 0.412. The number of aliphatic hydroxyl groups excluding tert-OH is 1. The average Bonchev–Trinajstić information content (AvgIpc) is 2.20. The molecular weight excluding hydrogens is 204 g/mol. The SMILES string of the molecule is CC(C)CC(CN)C(=O)N(CCO)C(C)C. The zero-order chi connectivity index (χ0) is 12.7. The Morgan fingerprint density at radius 1 is 1.31 bits per heavy atom. The van der Waals surface area contributed by atoms with Gasteiger partial charge in [0.05, 0.1) is 12.5 Å². The third-order valence-electron chi connectivity index (χ3n) is 2.64. The summed E-state index contributed by atoms with van der Waals surface area (Å²) in [6.07, 6.45) is 0.810. The molecule has 0 bridgehead atoms. The molecule has 16 heavy (non-hydrogen) atoms. The maximum atomic E-state index is 12.2. The molecule has 1 atom stereocenters. The fraction of sp³-hybridized carbons (Fsp3) is 0.917. The molecule has 0 radical (unpaired) electrons. The Kier molecular flexibility index (Phi) is 7.34. The van der Waals surface area contributed by atoms with E-state index in [0.717, 1.165) is 6.42 Å². The highest BCUT2D eigenvalue weighted by Gasteiger charge is 2.25. The smallest absolute Gasteiger partial charge is 0.227 e. The number of carbonyl (C=O) groups excluding carboxylic acids is 1. The number of nitrogens with two attached hydrogens (primary N) is 1. The second-order valence-corrected chi connectivity index (χ2v) is 4.91. The lowest BCUT2D eigenvalue weighted by molar-refractivity contribution is -0.138. The molecule has 96 valence electrons. The first-order valence-electron chi connectivity index (χ1n) is 6.05. The van der Waals surface area contributed by atoms with Crippen molar-refractivity contribution in [2.75, 3.05) is 19.7 Å². The molecule has 0 aromatic rings. The zero-order valence-electron chi connectivity index (χ0n) is 10.9. The molecule has 1 amide bonds. The lowest BCUT2D eigenvalue weighted by atomic mass is 9.95. The summed E-state index contributed by atoms with van der Waals surface area (Å²) in [6.45, 7) is 8.86. The number of hydrogen-bond acceptors (Lipinski definition) is 3. The first kappa shape index (κ1) is 15.4. The van der Waals surface area contributed by atoms with Crippen LogP contribution in [0.3, 0.4) is 0 Å². The molecule has 0 aromatic heterocycles. The predicted octanol–water partition coefficient (Wildman–Crippen LogP) is 0.837. The van der Waals surface area contributed by atoms with E-state index in [9.17, 15) is 4.79 Å². The van der Waals surface area contributed by atoms with Gasteiger partial charge in [0.1, 0.15) is 0 Å². The number of nitrogens with zero attached hydrogens (tertiary/aromatic N) is 1. The minimum absolute atomic E-state index is 0.00287. The molecular formula is C12H26N2O2. The van der Waals surface area contributed by atoms with Crippen LogP contribution < -0.4 is 5.73 Å². The second kappa shape index (κ2) is 7.63. The molecule has 0 saturated heterocycles. The Morgan fingerprint density at radius 2 is 1.88 bits per heavy atom. The maximum absolute atomic E-state index is 12.2. The summed E-state index contributed by atoms with van der Waals surface area (Å²) in [5.41, 5.74) is 5.65. The van der Waals surface area contributed by atoms with Crippen molar-refractivity contribution in [3.8, 4) is 0 Å². The van der Waals surface area contributed by atoms with E-state index in [4.69, 9.17) is 10.8 Å². The van der Waals surface area contributed by atoms with Gasteiger partial charge in [-0.15, -0.1) is 0 Å². The van der Waals surface area contributed by atoms with Gasteiger partial charge >= 0.3 is 0 Å². The van der Waals surface area contributed by atoms with Crippen LogP contribution in [0.5, 0.6) is 0 Å². The van der Waals surface area contributed by atoms with E-state index in [0.29, 0.717) is 19.0 Å². The fourth-order valence-corrected chi connectivity index (χ4v) is 1.83. The highest BCUT2D eigenvalue weighted by atomic mass is 16.3. The number of rotatable bonds is 7. The Balaban J connectivity index is 4.54. The summed E-state index contributed by atoms with van der Waals surface area (Å²) in [7, 11) is 0. The zero-order valence-corrected chi connectivity index (χ0v) is 10.9. The summed E-state index contributed by atoms with van der Waals surface area (Å²) in [5, 5.41) is 8.95. The van der Waals surface area contributed by atoms with E-state index in [1.807, 2.05) is 13.8 Å². The van der Waals surface area contributed by atoms with Gasteiger partial charge in [-0.1, -0.05) is 13.8 Å². The predicted molar refractivity (Wildman–Crippen MR) is 65.9 cm³/mol. The third-order valence-corrected chi connectivity index (χ3v) is 2.64. The lowest BCUT2D eigenvalue weighted by Crippen LogP contribution is -2.44. The third kappa shape index (κ3) is 4.94. The van der Waals surface area contributed by atoms with Crippen molar-refractivity contribution in [2.24, 2.45) is 17.6 Å². The molecule has 0 saturated carbocycles. The van der Waals surface area contributed by atoms with E-state index in [1.54, 1.807) is 4.90 Å². The van der Waals surface area contributed by atoms with Gasteiger partial charge in [0.15, 0.2) is 0 Å². The molecule has 3 N–H and O–H groups in total. The van der Waals surface area contributed by atoms with E-state index >= 15 is 0 Å². The van der Waals surface area contributed by atoms with Crippen LogP contribution in [0.2, 0.25) is 0 Å². The van der Waals surface area contributed by atoms with Crippen molar-refractivity contribution in [2.45, 2.75) is 40.2 Å². The van der Waals surface area contributed by atoms with Crippen molar-refractivity contribution in [1.29, 1.82) is 0 Å². The van der Waals surface area contributed by atoms with Gasteiger partial charge in [0.2, 0.25) is 5.91 Å². The standard InChI is InChI=1S/C12H26N2O2/c1-9(2)7-11(8-13)12(16)14(5-6-15)10(3)4/h9-11,15H,5-8,13H2,1-4H3. The van der Waals surface area contributed by atoms with Gasteiger partial charge in [-0.2, -0.15) is 0 Å². The van der Waals surface area contributed by atoms with Gasteiger partial charge in [-0.25, -0.2) is 0 Å². The molecule has 0 aliphatic rings. The van der Waals surface area contributed by atoms with Crippen LogP contribution in [0.1, 0.15) is 34.1 Å².